The van der Waals surface area contributed by atoms with E-state index in [0.717, 1.165) is 11.8 Å². The molecule has 2 heterocycles. The van der Waals surface area contributed by atoms with Crippen molar-refractivity contribution in [1.29, 1.82) is 0 Å². The topological polar surface area (TPSA) is 107 Å². The van der Waals surface area contributed by atoms with Gasteiger partial charge in [0.1, 0.15) is 10.7 Å². The quantitative estimate of drug-likeness (QED) is 0.358. The van der Waals surface area contributed by atoms with Crippen LogP contribution < -0.4 is 14.2 Å². The van der Waals surface area contributed by atoms with Crippen LogP contribution in [0.4, 0.5) is 0 Å². The van der Waals surface area contributed by atoms with Crippen LogP contribution in [0.2, 0.25) is 5.02 Å². The Balaban J connectivity index is 1.64. The van der Waals surface area contributed by atoms with Gasteiger partial charge in [-0.15, -0.1) is 5.10 Å². The van der Waals surface area contributed by atoms with E-state index in [1.54, 1.807) is 30.3 Å². The molecule has 3 aromatic rings. The number of fused-ring (bicyclic) bond motifs is 1. The number of ether oxygens (including phenoxy) is 3. The van der Waals surface area contributed by atoms with Crippen LogP contribution in [-0.2, 0) is 4.79 Å². The highest BCUT2D eigenvalue weighted by atomic mass is 79.9. The Morgan fingerprint density at radius 2 is 2.10 bits per heavy atom. The van der Waals surface area contributed by atoms with Crippen LogP contribution in [0.15, 0.2) is 44.9 Å². The van der Waals surface area contributed by atoms with Crippen molar-refractivity contribution < 1.29 is 24.1 Å². The van der Waals surface area contributed by atoms with E-state index >= 15 is 0 Å². The van der Waals surface area contributed by atoms with Crippen molar-refractivity contribution in [3.63, 3.8) is 0 Å². The first kappa shape index (κ1) is 20.6. The Labute approximate surface area is 188 Å². The van der Waals surface area contributed by atoms with Crippen molar-refractivity contribution >= 4 is 51.3 Å². The molecule has 1 aliphatic heterocycles. The van der Waals surface area contributed by atoms with Gasteiger partial charge in [0, 0.05) is 9.50 Å². The number of hydrogen-bond donors (Lipinski definition) is 2. The predicted octanol–water partition coefficient (Wildman–Crippen LogP) is 4.84. The minimum atomic E-state index is -1.11. The molecule has 0 saturated heterocycles. The number of H-pyrrole nitrogens is 1. The molecule has 1 aliphatic rings. The number of hydrogen-bond acceptors (Lipinski definition) is 7. The molecule has 30 heavy (non-hydrogen) atoms. The molecule has 154 valence electrons. The Kier molecular flexibility index (Phi) is 5.89. The first-order valence-corrected chi connectivity index (χ1v) is 10.4. The molecular weight excluding hydrogens is 498 g/mol. The summed E-state index contributed by atoms with van der Waals surface area (Å²) in [6, 6.07) is 8.54. The lowest BCUT2D eigenvalue weighted by Crippen LogP contribution is -1.97. The van der Waals surface area contributed by atoms with Gasteiger partial charge in [-0.1, -0.05) is 27.5 Å². The van der Waals surface area contributed by atoms with Crippen molar-refractivity contribution in [3.8, 4) is 28.6 Å². The third kappa shape index (κ3) is 4.25. The number of thioether (sulfide) groups is 1. The maximum absolute atomic E-state index is 11.8. The van der Waals surface area contributed by atoms with E-state index in [2.05, 4.69) is 31.1 Å². The summed E-state index contributed by atoms with van der Waals surface area (Å²) in [6.07, 6.45) is 1.51. The van der Waals surface area contributed by atoms with Crippen LogP contribution in [0.25, 0.3) is 17.5 Å². The molecule has 0 atom stereocenters. The van der Waals surface area contributed by atoms with Crippen LogP contribution in [-0.4, -0.2) is 40.2 Å². The van der Waals surface area contributed by atoms with Crippen molar-refractivity contribution in [2.45, 2.75) is 5.16 Å². The molecule has 8 nitrogen and oxygen atoms in total. The zero-order valence-corrected chi connectivity index (χ0v) is 18.5. The van der Waals surface area contributed by atoms with Crippen LogP contribution in [0.3, 0.4) is 0 Å². The van der Waals surface area contributed by atoms with Crippen molar-refractivity contribution in [2.75, 3.05) is 13.9 Å². The van der Waals surface area contributed by atoms with Gasteiger partial charge >= 0.3 is 5.97 Å². The first-order chi connectivity index (χ1) is 14.4. The summed E-state index contributed by atoms with van der Waals surface area (Å²) in [4.78, 5) is 16.2. The summed E-state index contributed by atoms with van der Waals surface area (Å²) < 4.78 is 16.7. The highest BCUT2D eigenvalue weighted by Crippen LogP contribution is 2.39. The average Bonchev–Trinajstić information content (AvgIpc) is 3.36. The second-order valence-corrected chi connectivity index (χ2v) is 8.25. The Morgan fingerprint density at radius 1 is 1.33 bits per heavy atom. The molecule has 0 amide bonds. The van der Waals surface area contributed by atoms with Gasteiger partial charge in [-0.3, -0.25) is 5.10 Å². The SMILES string of the molecule is COc1ccc(Cl)cc1-c1nc(S/C(=C\c2cc3c(cc2Br)OCO3)C(=O)O)n[nH]1. The first-order valence-electron chi connectivity index (χ1n) is 8.43. The van der Waals surface area contributed by atoms with E-state index in [1.807, 2.05) is 0 Å². The van der Waals surface area contributed by atoms with Gasteiger partial charge in [0.05, 0.1) is 12.7 Å². The van der Waals surface area contributed by atoms with E-state index in [9.17, 15) is 9.90 Å². The molecule has 2 N–H and O–H groups in total. The standard InChI is InChI=1S/C19H13BrClN3O5S/c1-27-13-3-2-10(21)6-11(13)17-22-19(24-23-17)30-16(18(25)26)5-9-4-14-15(7-12(9)20)29-8-28-14/h2-7H,8H2,1H3,(H,25,26)(H,22,23,24)/b16-5-. The number of aromatic amines is 1. The number of methoxy groups -OCH3 is 1. The van der Waals surface area contributed by atoms with Crippen LogP contribution in [0.5, 0.6) is 17.2 Å². The Morgan fingerprint density at radius 3 is 2.83 bits per heavy atom. The van der Waals surface area contributed by atoms with E-state index in [-0.39, 0.29) is 16.9 Å². The number of halogens is 2. The Bertz CT molecular complexity index is 1170. The van der Waals surface area contributed by atoms with Gasteiger partial charge in [0.25, 0.3) is 0 Å². The summed E-state index contributed by atoms with van der Waals surface area (Å²) in [5.74, 6) is 0.998. The number of benzene rings is 2. The lowest BCUT2D eigenvalue weighted by Gasteiger charge is -2.05. The van der Waals surface area contributed by atoms with Gasteiger partial charge in [-0.25, -0.2) is 9.78 Å². The molecule has 11 heteroatoms. The van der Waals surface area contributed by atoms with E-state index in [4.69, 9.17) is 25.8 Å². The monoisotopic (exact) mass is 509 g/mol. The molecule has 4 rings (SSSR count). The maximum atomic E-state index is 11.8. The van der Waals surface area contributed by atoms with Crippen LogP contribution >= 0.6 is 39.3 Å². The number of rotatable bonds is 6. The van der Waals surface area contributed by atoms with E-state index < -0.39 is 5.97 Å². The largest absolute Gasteiger partial charge is 0.496 e. The zero-order chi connectivity index (χ0) is 21.3. The van der Waals surface area contributed by atoms with E-state index in [1.165, 1.54) is 13.2 Å². The fourth-order valence-corrected chi connectivity index (χ4v) is 4.00. The van der Waals surface area contributed by atoms with Gasteiger partial charge in [0.2, 0.25) is 11.9 Å². The average molecular weight is 511 g/mol. The highest BCUT2D eigenvalue weighted by molar-refractivity contribution is 9.10. The second-order valence-electron chi connectivity index (χ2n) is 5.95. The molecule has 1 aromatic heterocycles. The molecule has 0 unspecified atom stereocenters. The number of nitrogens with zero attached hydrogens (tertiary/aromatic N) is 2. The number of aliphatic carboxylic acids is 1. The molecule has 0 radical (unpaired) electrons. The molecular formula is C19H13BrClN3O5S. The maximum Gasteiger partial charge on any atom is 0.342 e. The number of nitrogens with one attached hydrogen (secondary N) is 1. The summed E-state index contributed by atoms with van der Waals surface area (Å²) in [5.41, 5.74) is 1.24. The third-order valence-electron chi connectivity index (χ3n) is 4.07. The zero-order valence-electron chi connectivity index (χ0n) is 15.3. The van der Waals surface area contributed by atoms with Crippen LogP contribution in [0, 0.1) is 0 Å². The lowest BCUT2D eigenvalue weighted by atomic mass is 10.2. The summed E-state index contributed by atoms with van der Waals surface area (Å²) >= 11 is 10.4. The molecule has 0 saturated carbocycles. The summed E-state index contributed by atoms with van der Waals surface area (Å²) in [7, 11) is 1.53. The molecule has 0 spiro atoms. The predicted molar refractivity (Wildman–Crippen MR) is 115 cm³/mol. The second kappa shape index (κ2) is 8.58. The van der Waals surface area contributed by atoms with Gasteiger partial charge < -0.3 is 19.3 Å². The number of carbonyl (C=O) groups is 1. The van der Waals surface area contributed by atoms with Crippen molar-refractivity contribution in [1.82, 2.24) is 15.2 Å². The number of carboxylic acid groups (broad SMARTS) is 1. The minimum absolute atomic E-state index is 0.0261. The number of aromatic nitrogens is 3. The molecule has 0 bridgehead atoms. The third-order valence-corrected chi connectivity index (χ3v) is 5.87. The smallest absolute Gasteiger partial charge is 0.342 e. The van der Waals surface area contributed by atoms with Gasteiger partial charge in [-0.2, -0.15) is 0 Å². The summed E-state index contributed by atoms with van der Waals surface area (Å²) in [5, 5.41) is 17.3. The molecule has 0 fully saturated rings. The van der Waals surface area contributed by atoms with Gasteiger partial charge in [0.15, 0.2) is 17.3 Å². The minimum Gasteiger partial charge on any atom is -0.496 e. The molecule has 0 aliphatic carbocycles. The van der Waals surface area contributed by atoms with Crippen molar-refractivity contribution in [2.24, 2.45) is 0 Å². The normalized spacial score (nSPS) is 12.8. The highest BCUT2D eigenvalue weighted by Gasteiger charge is 2.19. The van der Waals surface area contributed by atoms with Gasteiger partial charge in [-0.05, 0) is 53.7 Å². The van der Waals surface area contributed by atoms with Crippen LogP contribution in [0.1, 0.15) is 5.56 Å². The van der Waals surface area contributed by atoms with E-state index in [0.29, 0.717) is 43.7 Å². The fourth-order valence-electron chi connectivity index (χ4n) is 2.70. The summed E-state index contributed by atoms with van der Waals surface area (Å²) in [6.45, 7) is 0.127. The number of carboxylic acids is 1. The fraction of sp³-hybridized carbons (Fsp3) is 0.105. The molecule has 2 aromatic carbocycles. The lowest BCUT2D eigenvalue weighted by molar-refractivity contribution is -0.131. The van der Waals surface area contributed by atoms with Crippen molar-refractivity contribution in [3.05, 3.63) is 50.3 Å². The Hall–Kier alpha value is -2.69.